The first kappa shape index (κ1) is 12.4. The van der Waals surface area contributed by atoms with Crippen LogP contribution in [0.2, 0.25) is 0 Å². The molecule has 0 rings (SSSR count). The summed E-state index contributed by atoms with van der Waals surface area (Å²) in [5, 5.41) is 9.70. The first-order valence-corrected chi connectivity index (χ1v) is 4.17. The lowest BCUT2D eigenvalue weighted by molar-refractivity contribution is 0.128. The number of hydrogen-bond donors (Lipinski definition) is 3. The molecule has 0 aromatic heterocycles. The summed E-state index contributed by atoms with van der Waals surface area (Å²) in [4.78, 5) is 8.83. The fraction of sp³-hybridized carbons (Fsp3) is 0.333. The molecule has 0 atom stereocenters. The van der Waals surface area contributed by atoms with Crippen LogP contribution in [0.15, 0.2) is 29.1 Å². The maximum atomic E-state index is 6.86. The highest BCUT2D eigenvalue weighted by molar-refractivity contribution is 6.07. The highest BCUT2D eigenvalue weighted by atomic mass is 16.6. The number of hydrogen-bond acceptors (Lipinski definition) is 4. The Morgan fingerprint density at radius 1 is 1.43 bits per heavy atom. The molecular formula is C9H16N4O. The monoisotopic (exact) mass is 196 g/mol. The highest BCUT2D eigenvalue weighted by Crippen LogP contribution is 1.94. The second-order valence-corrected chi connectivity index (χ2v) is 2.37. The predicted octanol–water partition coefficient (Wildman–Crippen LogP) is 0.822. The van der Waals surface area contributed by atoms with Gasteiger partial charge in [-0.1, -0.05) is 0 Å². The van der Waals surface area contributed by atoms with Gasteiger partial charge in [-0.25, -0.2) is 4.99 Å². The molecule has 5 nitrogen and oxygen atoms in total. The van der Waals surface area contributed by atoms with Gasteiger partial charge < -0.3 is 10.2 Å². The summed E-state index contributed by atoms with van der Waals surface area (Å²) in [5.74, 6) is 0.675. The Bertz CT molecular complexity index is 256. The molecule has 0 fully saturated rings. The molecule has 0 saturated carbocycles. The van der Waals surface area contributed by atoms with Gasteiger partial charge in [-0.15, -0.1) is 0 Å². The van der Waals surface area contributed by atoms with E-state index in [4.69, 9.17) is 10.2 Å². The Kier molecular flexibility index (Phi) is 7.07. The van der Waals surface area contributed by atoms with Crippen molar-refractivity contribution in [3.05, 3.63) is 24.1 Å². The Morgan fingerprint density at radius 3 is 2.64 bits per heavy atom. The average Bonchev–Trinajstić information content (AvgIpc) is 2.15. The van der Waals surface area contributed by atoms with Crippen LogP contribution in [-0.4, -0.2) is 26.1 Å². The average molecular weight is 196 g/mol. The van der Waals surface area contributed by atoms with Crippen molar-refractivity contribution in [1.82, 2.24) is 10.8 Å². The smallest absolute Gasteiger partial charge is 0.123 e. The van der Waals surface area contributed by atoms with Crippen LogP contribution in [0.3, 0.4) is 0 Å². The first-order valence-electron chi connectivity index (χ1n) is 4.17. The summed E-state index contributed by atoms with van der Waals surface area (Å²) in [6.07, 6.45) is 6.17. The molecule has 0 amide bonds. The maximum Gasteiger partial charge on any atom is 0.123 e. The molecule has 0 unspecified atom stereocenters. The summed E-state index contributed by atoms with van der Waals surface area (Å²) in [7, 11) is 3.47. The number of rotatable bonds is 6. The number of aliphatic imine (C=N–C) groups is 1. The van der Waals surface area contributed by atoms with Crippen LogP contribution in [0.25, 0.3) is 0 Å². The van der Waals surface area contributed by atoms with Crippen LogP contribution in [0.1, 0.15) is 6.92 Å². The van der Waals surface area contributed by atoms with Gasteiger partial charge in [-0.3, -0.25) is 5.41 Å². The molecule has 0 aliphatic rings. The van der Waals surface area contributed by atoms with Crippen molar-refractivity contribution in [2.75, 3.05) is 14.1 Å². The molecule has 78 valence electrons. The minimum absolute atomic E-state index is 0.641. The number of nitrogens with zero attached hydrogens (tertiary/aromatic N) is 1. The zero-order valence-corrected chi connectivity index (χ0v) is 8.66. The normalized spacial score (nSPS) is 13.1. The van der Waals surface area contributed by atoms with Gasteiger partial charge in [0, 0.05) is 20.2 Å². The van der Waals surface area contributed by atoms with E-state index in [9.17, 15) is 0 Å². The molecule has 0 spiro atoms. The second kappa shape index (κ2) is 8.00. The zero-order chi connectivity index (χ0) is 10.8. The molecule has 0 saturated heterocycles. The Hall–Kier alpha value is -1.62. The molecule has 14 heavy (non-hydrogen) atoms. The van der Waals surface area contributed by atoms with E-state index in [0.29, 0.717) is 11.5 Å². The molecule has 0 aliphatic heterocycles. The van der Waals surface area contributed by atoms with Gasteiger partial charge in [-0.05, 0) is 19.2 Å². The molecule has 0 aliphatic carbocycles. The SMILES string of the molecule is CN/C=C/C(/C=C(\C)ONC)=N\C=N. The Labute approximate surface area is 84.0 Å². The van der Waals surface area contributed by atoms with Crippen LogP contribution in [0.4, 0.5) is 0 Å². The highest BCUT2D eigenvalue weighted by Gasteiger charge is 1.92. The third kappa shape index (κ3) is 5.96. The van der Waals surface area contributed by atoms with Crippen molar-refractivity contribution < 1.29 is 4.84 Å². The van der Waals surface area contributed by atoms with Crippen LogP contribution >= 0.6 is 0 Å². The molecule has 0 heterocycles. The summed E-state index contributed by atoms with van der Waals surface area (Å²) < 4.78 is 0. The maximum absolute atomic E-state index is 6.86. The summed E-state index contributed by atoms with van der Waals surface area (Å²) in [5.41, 5.74) is 3.19. The number of allylic oxidation sites excluding steroid dienone is 3. The quantitative estimate of drug-likeness (QED) is 0.255. The second-order valence-electron chi connectivity index (χ2n) is 2.37. The standard InChI is InChI=1S/C9H16N4O/c1-8(14-12-3)6-9(13-7-10)4-5-11-2/h4-7,10-12H,1-3H3/b5-4+,8-6+,10-7?,13-9+. The number of nitrogens with one attached hydrogen (secondary N) is 3. The van der Waals surface area contributed by atoms with Gasteiger partial charge in [-0.2, -0.15) is 5.48 Å². The topological polar surface area (TPSA) is 69.5 Å². The van der Waals surface area contributed by atoms with Gasteiger partial charge in [0.15, 0.2) is 0 Å². The molecule has 0 radical (unpaired) electrons. The van der Waals surface area contributed by atoms with Gasteiger partial charge in [0.25, 0.3) is 0 Å². The van der Waals surface area contributed by atoms with E-state index in [1.165, 1.54) is 0 Å². The van der Waals surface area contributed by atoms with Crippen molar-refractivity contribution in [2.24, 2.45) is 4.99 Å². The van der Waals surface area contributed by atoms with Gasteiger partial charge >= 0.3 is 0 Å². The summed E-state index contributed by atoms with van der Waals surface area (Å²) in [6.45, 7) is 1.79. The van der Waals surface area contributed by atoms with E-state index in [2.05, 4.69) is 15.8 Å². The predicted molar refractivity (Wildman–Crippen MR) is 58.3 cm³/mol. The van der Waals surface area contributed by atoms with E-state index in [-0.39, 0.29) is 0 Å². The van der Waals surface area contributed by atoms with Gasteiger partial charge in [0.05, 0.1) is 5.71 Å². The van der Waals surface area contributed by atoms with E-state index in [1.54, 1.807) is 39.4 Å². The molecule has 0 bridgehead atoms. The van der Waals surface area contributed by atoms with Crippen LogP contribution in [0.5, 0.6) is 0 Å². The molecular weight excluding hydrogens is 180 g/mol. The molecule has 0 aromatic rings. The minimum atomic E-state index is 0.641. The summed E-state index contributed by atoms with van der Waals surface area (Å²) >= 11 is 0. The van der Waals surface area contributed by atoms with Crippen molar-refractivity contribution in [2.45, 2.75) is 6.92 Å². The summed E-state index contributed by atoms with van der Waals surface area (Å²) in [6, 6.07) is 0. The van der Waals surface area contributed by atoms with Crippen LogP contribution in [0, 0.1) is 5.41 Å². The van der Waals surface area contributed by atoms with E-state index in [1.807, 2.05) is 0 Å². The van der Waals surface area contributed by atoms with Gasteiger partial charge in [0.2, 0.25) is 0 Å². The molecule has 3 N–H and O–H groups in total. The number of hydroxylamine groups is 1. The third-order valence-electron chi connectivity index (χ3n) is 1.25. The zero-order valence-electron chi connectivity index (χ0n) is 8.66. The Balaban J connectivity index is 4.51. The fourth-order valence-electron chi connectivity index (χ4n) is 0.770. The van der Waals surface area contributed by atoms with E-state index >= 15 is 0 Å². The third-order valence-corrected chi connectivity index (χ3v) is 1.25. The van der Waals surface area contributed by atoms with E-state index in [0.717, 1.165) is 6.34 Å². The van der Waals surface area contributed by atoms with E-state index < -0.39 is 0 Å². The lowest BCUT2D eigenvalue weighted by Crippen LogP contribution is -2.06. The van der Waals surface area contributed by atoms with Crippen molar-refractivity contribution in [1.29, 1.82) is 5.41 Å². The van der Waals surface area contributed by atoms with Crippen molar-refractivity contribution >= 4 is 12.1 Å². The lowest BCUT2D eigenvalue weighted by atomic mass is 10.3. The van der Waals surface area contributed by atoms with Crippen molar-refractivity contribution in [3.8, 4) is 0 Å². The van der Waals surface area contributed by atoms with Gasteiger partial charge in [0.1, 0.15) is 12.1 Å². The fourth-order valence-corrected chi connectivity index (χ4v) is 0.770. The minimum Gasteiger partial charge on any atom is -0.414 e. The lowest BCUT2D eigenvalue weighted by Gasteiger charge is -2.01. The largest absolute Gasteiger partial charge is 0.414 e. The first-order chi connectivity index (χ1) is 6.74. The molecule has 0 aromatic carbocycles. The Morgan fingerprint density at radius 2 is 2.14 bits per heavy atom. The van der Waals surface area contributed by atoms with Crippen LogP contribution < -0.4 is 10.8 Å². The van der Waals surface area contributed by atoms with Crippen molar-refractivity contribution in [3.63, 3.8) is 0 Å². The van der Waals surface area contributed by atoms with Crippen LogP contribution in [-0.2, 0) is 4.84 Å². The molecule has 5 heteroatoms.